The summed E-state index contributed by atoms with van der Waals surface area (Å²) in [6, 6.07) is 8.35. The average Bonchev–Trinajstić information content (AvgIpc) is 2.82. The Balaban J connectivity index is 1.77. The predicted octanol–water partition coefficient (Wildman–Crippen LogP) is 3.65. The van der Waals surface area contributed by atoms with Crippen molar-refractivity contribution >= 4 is 33.0 Å². The summed E-state index contributed by atoms with van der Waals surface area (Å²) in [7, 11) is 0. The maximum absolute atomic E-state index is 5.92. The van der Waals surface area contributed by atoms with Crippen molar-refractivity contribution in [3.05, 3.63) is 50.1 Å². The first kappa shape index (κ1) is 12.2. The molecule has 2 heterocycles. The highest BCUT2D eigenvalue weighted by atomic mass is 79.9. The second kappa shape index (κ2) is 5.03. The van der Waals surface area contributed by atoms with Gasteiger partial charge in [-0.05, 0) is 51.0 Å². The third-order valence-corrected chi connectivity index (χ3v) is 5.38. The molecule has 0 saturated carbocycles. The van der Waals surface area contributed by atoms with Gasteiger partial charge in [-0.15, -0.1) is 11.3 Å². The summed E-state index contributed by atoms with van der Waals surface area (Å²) in [6.45, 7) is 3.15. The van der Waals surface area contributed by atoms with Gasteiger partial charge in [0.25, 0.3) is 0 Å². The molecule has 0 unspecified atom stereocenters. The van der Waals surface area contributed by atoms with Gasteiger partial charge in [0.2, 0.25) is 0 Å². The van der Waals surface area contributed by atoms with Crippen molar-refractivity contribution in [2.75, 3.05) is 12.3 Å². The van der Waals surface area contributed by atoms with Crippen LogP contribution in [0.4, 0.5) is 5.69 Å². The lowest BCUT2D eigenvalue weighted by Gasteiger charge is -2.27. The molecular weight excluding hydrogens is 308 g/mol. The number of hydrogen-bond donors (Lipinski definition) is 1. The van der Waals surface area contributed by atoms with E-state index in [1.807, 2.05) is 23.5 Å². The number of benzene rings is 1. The third-order valence-electron chi connectivity index (χ3n) is 3.39. The zero-order chi connectivity index (χ0) is 12.5. The molecule has 2 N–H and O–H groups in total. The van der Waals surface area contributed by atoms with Crippen molar-refractivity contribution in [2.45, 2.75) is 19.5 Å². The van der Waals surface area contributed by atoms with E-state index in [0.29, 0.717) is 0 Å². The number of nitrogen functional groups attached to an aromatic ring is 1. The summed E-state index contributed by atoms with van der Waals surface area (Å²) in [4.78, 5) is 4.03. The molecule has 4 heteroatoms. The normalized spacial score (nSPS) is 15.6. The van der Waals surface area contributed by atoms with Crippen molar-refractivity contribution < 1.29 is 0 Å². The van der Waals surface area contributed by atoms with Gasteiger partial charge in [-0.3, -0.25) is 4.90 Å². The molecule has 0 amide bonds. The van der Waals surface area contributed by atoms with Crippen molar-refractivity contribution in [1.29, 1.82) is 0 Å². The highest BCUT2D eigenvalue weighted by Crippen LogP contribution is 2.28. The highest BCUT2D eigenvalue weighted by Gasteiger charge is 2.18. The van der Waals surface area contributed by atoms with Gasteiger partial charge in [0.15, 0.2) is 0 Å². The maximum atomic E-state index is 5.92. The van der Waals surface area contributed by atoms with Gasteiger partial charge in [-0.1, -0.05) is 12.1 Å². The number of halogens is 1. The van der Waals surface area contributed by atoms with E-state index in [0.717, 1.165) is 29.8 Å². The zero-order valence-electron chi connectivity index (χ0n) is 10.0. The second-order valence-corrected chi connectivity index (χ2v) is 6.44. The molecular formula is C14H15BrN2S. The molecule has 0 bridgehead atoms. The summed E-state index contributed by atoms with van der Waals surface area (Å²) in [5.41, 5.74) is 9.51. The highest BCUT2D eigenvalue weighted by molar-refractivity contribution is 9.10. The minimum absolute atomic E-state index is 0.820. The van der Waals surface area contributed by atoms with Crippen molar-refractivity contribution in [3.8, 4) is 0 Å². The van der Waals surface area contributed by atoms with Gasteiger partial charge < -0.3 is 5.73 Å². The molecule has 1 aliphatic heterocycles. The minimum atomic E-state index is 0.820. The van der Waals surface area contributed by atoms with Crippen LogP contribution >= 0.6 is 27.3 Å². The second-order valence-electron chi connectivity index (χ2n) is 4.65. The summed E-state index contributed by atoms with van der Waals surface area (Å²) < 4.78 is 1.04. The number of anilines is 1. The lowest BCUT2D eigenvalue weighted by molar-refractivity contribution is 0.247. The fraction of sp³-hybridized carbons (Fsp3) is 0.286. The summed E-state index contributed by atoms with van der Waals surface area (Å²) in [5.74, 6) is 0. The Morgan fingerprint density at radius 1 is 1.33 bits per heavy atom. The molecule has 0 fully saturated rings. The molecule has 0 aliphatic carbocycles. The van der Waals surface area contributed by atoms with Crippen molar-refractivity contribution in [2.24, 2.45) is 0 Å². The lowest BCUT2D eigenvalue weighted by atomic mass is 10.1. The molecule has 1 aromatic heterocycles. The summed E-state index contributed by atoms with van der Waals surface area (Å²) in [5, 5.41) is 2.20. The van der Waals surface area contributed by atoms with Crippen LogP contribution in [0.25, 0.3) is 0 Å². The summed E-state index contributed by atoms with van der Waals surface area (Å²) >= 11 is 5.46. The molecule has 2 aromatic rings. The quantitative estimate of drug-likeness (QED) is 0.855. The predicted molar refractivity (Wildman–Crippen MR) is 80.7 cm³/mol. The molecule has 0 radical (unpaired) electrons. The summed E-state index contributed by atoms with van der Waals surface area (Å²) in [6.07, 6.45) is 1.17. The zero-order valence-corrected chi connectivity index (χ0v) is 12.4. The van der Waals surface area contributed by atoms with Crippen molar-refractivity contribution in [1.82, 2.24) is 4.90 Å². The molecule has 1 aliphatic rings. The fourth-order valence-electron chi connectivity index (χ4n) is 2.40. The third kappa shape index (κ3) is 2.32. The van der Waals surface area contributed by atoms with E-state index in [9.17, 15) is 0 Å². The SMILES string of the molecule is Nc1cccc(CN2CCc3sccc3C2)c1Br. The first-order valence-corrected chi connectivity index (χ1v) is 7.72. The Kier molecular flexibility index (Phi) is 3.41. The first-order chi connectivity index (χ1) is 8.74. The van der Waals surface area contributed by atoms with Crippen LogP contribution in [0.5, 0.6) is 0 Å². The van der Waals surface area contributed by atoms with Gasteiger partial charge in [0, 0.05) is 34.7 Å². The van der Waals surface area contributed by atoms with E-state index < -0.39 is 0 Å². The van der Waals surface area contributed by atoms with Crippen LogP contribution < -0.4 is 5.73 Å². The Morgan fingerprint density at radius 3 is 3.11 bits per heavy atom. The van der Waals surface area contributed by atoms with Gasteiger partial charge in [-0.2, -0.15) is 0 Å². The first-order valence-electron chi connectivity index (χ1n) is 6.04. The monoisotopic (exact) mass is 322 g/mol. The number of rotatable bonds is 2. The average molecular weight is 323 g/mol. The van der Waals surface area contributed by atoms with E-state index in [2.05, 4.69) is 38.3 Å². The number of nitrogens with zero attached hydrogens (tertiary/aromatic N) is 1. The molecule has 18 heavy (non-hydrogen) atoms. The molecule has 0 spiro atoms. The minimum Gasteiger partial charge on any atom is -0.398 e. The molecule has 1 aromatic carbocycles. The van der Waals surface area contributed by atoms with Crippen LogP contribution in [0.3, 0.4) is 0 Å². The number of thiophene rings is 1. The van der Waals surface area contributed by atoms with Crippen molar-refractivity contribution in [3.63, 3.8) is 0 Å². The van der Waals surface area contributed by atoms with Gasteiger partial charge in [-0.25, -0.2) is 0 Å². The number of fused-ring (bicyclic) bond motifs is 1. The smallest absolute Gasteiger partial charge is 0.0461 e. The van der Waals surface area contributed by atoms with Crippen LogP contribution in [0.1, 0.15) is 16.0 Å². The standard InChI is InChI=1S/C14H15BrN2S/c15-14-11(2-1-3-12(14)16)9-17-6-4-13-10(8-17)5-7-18-13/h1-3,5,7H,4,6,8-9,16H2. The van der Waals surface area contributed by atoms with Gasteiger partial charge >= 0.3 is 0 Å². The number of hydrogen-bond acceptors (Lipinski definition) is 3. The number of nitrogens with two attached hydrogens (primary N) is 1. The van der Waals surface area contributed by atoms with E-state index in [1.54, 1.807) is 4.88 Å². The lowest BCUT2D eigenvalue weighted by Crippen LogP contribution is -2.29. The van der Waals surface area contributed by atoms with Crippen LogP contribution in [0.2, 0.25) is 0 Å². The van der Waals surface area contributed by atoms with E-state index in [-0.39, 0.29) is 0 Å². The Hall–Kier alpha value is -0.840. The Morgan fingerprint density at radius 2 is 2.22 bits per heavy atom. The Bertz CT molecular complexity index is 565. The van der Waals surface area contributed by atoms with E-state index in [1.165, 1.54) is 17.5 Å². The van der Waals surface area contributed by atoms with Gasteiger partial charge in [0.1, 0.15) is 0 Å². The topological polar surface area (TPSA) is 29.3 Å². The molecule has 2 nitrogen and oxygen atoms in total. The largest absolute Gasteiger partial charge is 0.398 e. The van der Waals surface area contributed by atoms with E-state index >= 15 is 0 Å². The fourth-order valence-corrected chi connectivity index (χ4v) is 3.68. The van der Waals surface area contributed by atoms with Crippen LogP contribution in [-0.4, -0.2) is 11.4 Å². The van der Waals surface area contributed by atoms with Crippen LogP contribution in [-0.2, 0) is 19.5 Å². The molecule has 0 saturated heterocycles. The molecule has 0 atom stereocenters. The van der Waals surface area contributed by atoms with E-state index in [4.69, 9.17) is 5.73 Å². The maximum Gasteiger partial charge on any atom is 0.0461 e. The van der Waals surface area contributed by atoms with Crippen LogP contribution in [0, 0.1) is 0 Å². The Labute approximate surface area is 120 Å². The molecule has 94 valence electrons. The molecule has 3 rings (SSSR count). The van der Waals surface area contributed by atoms with Crippen LogP contribution in [0.15, 0.2) is 34.1 Å². The van der Waals surface area contributed by atoms with Gasteiger partial charge in [0.05, 0.1) is 0 Å².